The molecule has 1 aromatic carbocycles. The number of halogens is 1. The summed E-state index contributed by atoms with van der Waals surface area (Å²) < 4.78 is 15.8. The van der Waals surface area contributed by atoms with Crippen molar-refractivity contribution >= 4 is 23.2 Å². The van der Waals surface area contributed by atoms with Gasteiger partial charge in [-0.3, -0.25) is 4.79 Å². The third-order valence-corrected chi connectivity index (χ3v) is 7.67. The minimum Gasteiger partial charge on any atom is -0.383 e. The highest BCUT2D eigenvalue weighted by Crippen LogP contribution is 2.36. The Morgan fingerprint density at radius 2 is 2.00 bits per heavy atom. The molecule has 3 aromatic heterocycles. The number of nitrogens with one attached hydrogen (secondary N) is 1. The van der Waals surface area contributed by atoms with Gasteiger partial charge in [0.2, 0.25) is 5.91 Å². The van der Waals surface area contributed by atoms with Crippen LogP contribution in [0.1, 0.15) is 44.2 Å². The van der Waals surface area contributed by atoms with Gasteiger partial charge in [-0.1, -0.05) is 25.1 Å². The van der Waals surface area contributed by atoms with Crippen molar-refractivity contribution in [1.29, 1.82) is 0 Å². The molecule has 9 nitrogen and oxygen atoms in total. The number of rotatable bonds is 7. The zero-order valence-corrected chi connectivity index (χ0v) is 21.9. The van der Waals surface area contributed by atoms with Gasteiger partial charge < -0.3 is 20.2 Å². The molecular weight excluding hydrogens is 497 g/mol. The maximum Gasteiger partial charge on any atom is 0.249 e. The molecule has 1 amide bonds. The van der Waals surface area contributed by atoms with Crippen molar-refractivity contribution in [1.82, 2.24) is 24.9 Å². The molecule has 2 aliphatic rings. The Morgan fingerprint density at radius 3 is 2.85 bits per heavy atom. The van der Waals surface area contributed by atoms with Crippen LogP contribution in [0.4, 0.5) is 16.0 Å². The Morgan fingerprint density at radius 1 is 1.13 bits per heavy atom. The molecule has 10 heteroatoms. The molecule has 2 saturated heterocycles. The highest BCUT2D eigenvalue weighted by Gasteiger charge is 2.29. The lowest BCUT2D eigenvalue weighted by Crippen LogP contribution is -2.42. The van der Waals surface area contributed by atoms with E-state index in [0.29, 0.717) is 13.0 Å². The second-order valence-corrected chi connectivity index (χ2v) is 10.3. The zero-order valence-electron chi connectivity index (χ0n) is 21.9. The van der Waals surface area contributed by atoms with Gasteiger partial charge in [-0.05, 0) is 67.6 Å². The third kappa shape index (κ3) is 5.04. The average Bonchev–Trinajstić information content (AvgIpc) is 3.72. The van der Waals surface area contributed by atoms with Gasteiger partial charge in [0.05, 0.1) is 17.9 Å². The third-order valence-electron chi connectivity index (χ3n) is 7.67. The molecule has 0 spiro atoms. The Kier molecular flexibility index (Phi) is 6.86. The summed E-state index contributed by atoms with van der Waals surface area (Å²) in [7, 11) is 0. The number of anilines is 2. The van der Waals surface area contributed by atoms with E-state index in [0.717, 1.165) is 66.6 Å². The van der Waals surface area contributed by atoms with Gasteiger partial charge in [-0.2, -0.15) is 0 Å². The van der Waals surface area contributed by atoms with Gasteiger partial charge >= 0.3 is 0 Å². The number of carbonyl (C=O) groups excluding carboxylic acids is 1. The number of imidazole rings is 1. The van der Waals surface area contributed by atoms with E-state index in [1.54, 1.807) is 25.3 Å². The predicted octanol–water partition coefficient (Wildman–Crippen LogP) is 3.74. The zero-order chi connectivity index (χ0) is 26.9. The van der Waals surface area contributed by atoms with Crippen LogP contribution in [0.3, 0.4) is 0 Å². The Bertz CT molecular complexity index is 1490. The molecular formula is C29H32FN7O2. The normalized spacial score (nSPS) is 20.1. The smallest absolute Gasteiger partial charge is 0.249 e. The Balaban J connectivity index is 1.24. The summed E-state index contributed by atoms with van der Waals surface area (Å²) in [5.74, 6) is 1.08. The minimum absolute atomic E-state index is 0.0318. The van der Waals surface area contributed by atoms with Crippen LogP contribution >= 0.6 is 0 Å². The standard InChI is InChI=1S/C29H32FN7O2/c1-2-25(38)29(39)32-21-13-15-35(18-21)27-10-4-8-22(33-27)24-17-31-26-11-12-28(34-37(24)26)36-14-5-9-23(36)19-6-3-7-20(30)16-19/h3-4,6-8,10-12,16-17,21,23,25,38H,2,5,9,13-15,18H2,1H3,(H,32,39). The van der Waals surface area contributed by atoms with Crippen molar-refractivity contribution in [2.24, 2.45) is 0 Å². The molecule has 3 unspecified atom stereocenters. The van der Waals surface area contributed by atoms with Crippen LogP contribution in [0.5, 0.6) is 0 Å². The molecule has 2 aliphatic heterocycles. The fourth-order valence-corrected chi connectivity index (χ4v) is 5.60. The lowest BCUT2D eigenvalue weighted by molar-refractivity contribution is -0.130. The summed E-state index contributed by atoms with van der Waals surface area (Å²) >= 11 is 0. The molecule has 2 N–H and O–H groups in total. The highest BCUT2D eigenvalue weighted by molar-refractivity contribution is 5.80. The topological polar surface area (TPSA) is 98.9 Å². The number of pyridine rings is 1. The van der Waals surface area contributed by atoms with E-state index in [1.165, 1.54) is 6.07 Å². The first-order valence-corrected chi connectivity index (χ1v) is 13.6. The quantitative estimate of drug-likeness (QED) is 0.376. The van der Waals surface area contributed by atoms with Crippen molar-refractivity contribution in [3.05, 3.63) is 72.2 Å². The first-order chi connectivity index (χ1) is 19.0. The minimum atomic E-state index is -0.974. The van der Waals surface area contributed by atoms with E-state index in [9.17, 15) is 14.3 Å². The van der Waals surface area contributed by atoms with E-state index < -0.39 is 6.10 Å². The fraction of sp³-hybridized carbons (Fsp3) is 0.379. The summed E-state index contributed by atoms with van der Waals surface area (Å²) in [6, 6.07) is 16.7. The van der Waals surface area contributed by atoms with Crippen molar-refractivity contribution in [2.45, 2.75) is 50.8 Å². The van der Waals surface area contributed by atoms with E-state index in [4.69, 9.17) is 10.1 Å². The first kappa shape index (κ1) is 25.2. The number of fused-ring (bicyclic) bond motifs is 1. The van der Waals surface area contributed by atoms with Crippen LogP contribution in [0, 0.1) is 5.82 Å². The lowest BCUT2D eigenvalue weighted by atomic mass is 10.0. The monoisotopic (exact) mass is 529 g/mol. The van der Waals surface area contributed by atoms with Gasteiger partial charge in [-0.15, -0.1) is 5.10 Å². The molecule has 0 saturated carbocycles. The SMILES string of the molecule is CCC(O)C(=O)NC1CCN(c2cccc(-c3cnc4ccc(N5CCCC5c5cccc(F)c5)nn34)n2)C1. The van der Waals surface area contributed by atoms with E-state index in [2.05, 4.69) is 20.1 Å². The number of hydrogen-bond donors (Lipinski definition) is 2. The second kappa shape index (κ2) is 10.6. The Hall–Kier alpha value is -4.05. The molecule has 3 atom stereocenters. The van der Waals surface area contributed by atoms with Crippen molar-refractivity contribution < 1.29 is 14.3 Å². The molecule has 5 heterocycles. The number of amides is 1. The molecule has 0 bridgehead atoms. The summed E-state index contributed by atoms with van der Waals surface area (Å²) in [4.78, 5) is 26.0. The van der Waals surface area contributed by atoms with Crippen LogP contribution in [0.2, 0.25) is 0 Å². The van der Waals surface area contributed by atoms with Gasteiger partial charge in [0.1, 0.15) is 29.3 Å². The van der Waals surface area contributed by atoms with Gasteiger partial charge in [-0.25, -0.2) is 18.9 Å². The Labute approximate surface area is 226 Å². The second-order valence-electron chi connectivity index (χ2n) is 10.3. The van der Waals surface area contributed by atoms with E-state index in [-0.39, 0.29) is 23.8 Å². The molecule has 6 rings (SSSR count). The van der Waals surface area contributed by atoms with Gasteiger partial charge in [0.25, 0.3) is 0 Å². The number of aliphatic hydroxyl groups is 1. The van der Waals surface area contributed by atoms with Crippen molar-refractivity contribution in [3.8, 4) is 11.4 Å². The number of benzene rings is 1. The number of carbonyl (C=O) groups is 1. The molecule has 39 heavy (non-hydrogen) atoms. The highest BCUT2D eigenvalue weighted by atomic mass is 19.1. The molecule has 0 radical (unpaired) electrons. The average molecular weight is 530 g/mol. The van der Waals surface area contributed by atoms with E-state index in [1.807, 2.05) is 40.9 Å². The summed E-state index contributed by atoms with van der Waals surface area (Å²) in [6.45, 7) is 4.02. The van der Waals surface area contributed by atoms with Crippen LogP contribution in [-0.4, -0.2) is 62.4 Å². The fourth-order valence-electron chi connectivity index (χ4n) is 5.60. The maximum atomic E-state index is 13.9. The van der Waals surface area contributed by atoms with Crippen molar-refractivity contribution in [3.63, 3.8) is 0 Å². The van der Waals surface area contributed by atoms with Crippen LogP contribution in [0.25, 0.3) is 17.0 Å². The number of nitrogens with zero attached hydrogens (tertiary/aromatic N) is 6. The van der Waals surface area contributed by atoms with Crippen LogP contribution in [0.15, 0.2) is 60.8 Å². The van der Waals surface area contributed by atoms with Crippen LogP contribution in [-0.2, 0) is 4.79 Å². The lowest BCUT2D eigenvalue weighted by Gasteiger charge is -2.26. The van der Waals surface area contributed by atoms with Crippen LogP contribution < -0.4 is 15.1 Å². The maximum absolute atomic E-state index is 13.9. The van der Waals surface area contributed by atoms with E-state index >= 15 is 0 Å². The first-order valence-electron chi connectivity index (χ1n) is 13.6. The van der Waals surface area contributed by atoms with Gasteiger partial charge in [0, 0.05) is 25.7 Å². The van der Waals surface area contributed by atoms with Crippen molar-refractivity contribution in [2.75, 3.05) is 29.4 Å². The van der Waals surface area contributed by atoms with Gasteiger partial charge in [0.15, 0.2) is 5.65 Å². The summed E-state index contributed by atoms with van der Waals surface area (Å²) in [6.07, 6.45) is 3.94. The largest absolute Gasteiger partial charge is 0.383 e. The number of aromatic nitrogens is 4. The molecule has 0 aliphatic carbocycles. The molecule has 2 fully saturated rings. The predicted molar refractivity (Wildman–Crippen MR) is 147 cm³/mol. The molecule has 202 valence electrons. The number of hydrogen-bond acceptors (Lipinski definition) is 7. The summed E-state index contributed by atoms with van der Waals surface area (Å²) in [5.41, 5.74) is 3.21. The number of aliphatic hydroxyl groups excluding tert-OH is 1. The summed E-state index contributed by atoms with van der Waals surface area (Å²) in [5, 5.41) is 17.7. The molecule has 4 aromatic rings.